The molecule has 0 aliphatic carbocycles. The Morgan fingerprint density at radius 1 is 1.19 bits per heavy atom. The van der Waals surface area contributed by atoms with Crippen molar-refractivity contribution < 1.29 is 19.1 Å². The Bertz CT molecular complexity index is 566. The maximum atomic E-state index is 12.5. The Morgan fingerprint density at radius 2 is 1.88 bits per heavy atom. The van der Waals surface area contributed by atoms with Crippen LogP contribution >= 0.6 is 11.8 Å². The summed E-state index contributed by atoms with van der Waals surface area (Å²) < 4.78 is 5.18. The zero-order chi connectivity index (χ0) is 19.4. The monoisotopic (exact) mass is 380 g/mol. The van der Waals surface area contributed by atoms with Gasteiger partial charge in [0.1, 0.15) is 18.9 Å². The number of alkyl carbamates (subject to hydrolysis) is 1. The number of rotatable bonds is 11. The van der Waals surface area contributed by atoms with Gasteiger partial charge in [0.25, 0.3) is 0 Å². The van der Waals surface area contributed by atoms with Crippen molar-refractivity contribution in [1.82, 2.24) is 10.6 Å². The molecular weight excluding hydrogens is 352 g/mol. The molecule has 2 atom stereocenters. The first-order valence-electron chi connectivity index (χ1n) is 8.68. The molecule has 0 saturated heterocycles. The van der Waals surface area contributed by atoms with Gasteiger partial charge in [0.15, 0.2) is 0 Å². The Labute approximate surface area is 159 Å². The third-order valence-corrected chi connectivity index (χ3v) is 4.30. The van der Waals surface area contributed by atoms with E-state index in [0.717, 1.165) is 17.6 Å². The highest BCUT2D eigenvalue weighted by Gasteiger charge is 2.24. The first kappa shape index (κ1) is 22.0. The maximum absolute atomic E-state index is 12.5. The van der Waals surface area contributed by atoms with Crippen molar-refractivity contribution in [1.29, 1.82) is 0 Å². The highest BCUT2D eigenvalue weighted by atomic mass is 32.2. The second-order valence-electron chi connectivity index (χ2n) is 6.42. The molecule has 0 aliphatic heterocycles. The number of nitrogens with one attached hydrogen (secondary N) is 2. The van der Waals surface area contributed by atoms with E-state index in [0.29, 0.717) is 12.8 Å². The molecule has 1 aromatic carbocycles. The van der Waals surface area contributed by atoms with Gasteiger partial charge in [-0.05, 0) is 36.3 Å². The zero-order valence-corrected chi connectivity index (χ0v) is 16.4. The van der Waals surface area contributed by atoms with Gasteiger partial charge in [-0.2, -0.15) is 11.8 Å². The highest BCUT2D eigenvalue weighted by Crippen LogP contribution is 2.08. The summed E-state index contributed by atoms with van der Waals surface area (Å²) in [5, 5.41) is 5.31. The molecule has 2 N–H and O–H groups in total. The van der Waals surface area contributed by atoms with Crippen LogP contribution < -0.4 is 10.6 Å². The quantitative estimate of drug-likeness (QED) is 0.577. The minimum absolute atomic E-state index is 0.132. The molecule has 1 rings (SSSR count). The molecule has 0 bridgehead atoms. The molecule has 0 aliphatic rings. The minimum atomic E-state index is -0.741. The predicted molar refractivity (Wildman–Crippen MR) is 104 cm³/mol. The molecule has 144 valence electrons. The Kier molecular flexibility index (Phi) is 10.5. The Balaban J connectivity index is 2.59. The normalized spacial score (nSPS) is 12.9. The van der Waals surface area contributed by atoms with Crippen LogP contribution in [0.5, 0.6) is 0 Å². The van der Waals surface area contributed by atoms with Crippen LogP contribution in [0, 0.1) is 5.92 Å². The molecule has 0 saturated carbocycles. The standard InChI is InChI=1S/C19H28N2O4S/c1-14(2)11-17(18(23)20-16(12-22)9-10-26-3)21-19(24)25-13-15-7-5-4-6-8-15/h4-8,12,14,16-17H,9-11,13H2,1-3H3,(H,20,23)(H,21,24)/t16-,17-/m0/s1. The molecule has 7 heteroatoms. The Hall–Kier alpha value is -2.02. The first-order chi connectivity index (χ1) is 12.5. The summed E-state index contributed by atoms with van der Waals surface area (Å²) in [6, 6.07) is 8.02. The molecule has 0 radical (unpaired) electrons. The van der Waals surface area contributed by atoms with Gasteiger partial charge in [-0.1, -0.05) is 44.2 Å². The van der Waals surface area contributed by atoms with Crippen LogP contribution in [-0.2, 0) is 20.9 Å². The maximum Gasteiger partial charge on any atom is 0.408 e. The first-order valence-corrected chi connectivity index (χ1v) is 10.1. The van der Waals surface area contributed by atoms with Crippen molar-refractivity contribution in [3.8, 4) is 0 Å². The number of ether oxygens (including phenoxy) is 1. The van der Waals surface area contributed by atoms with Gasteiger partial charge in [-0.15, -0.1) is 0 Å². The van der Waals surface area contributed by atoms with E-state index < -0.39 is 18.2 Å². The minimum Gasteiger partial charge on any atom is -0.445 e. The van der Waals surface area contributed by atoms with Crippen molar-refractivity contribution in [3.63, 3.8) is 0 Å². The molecule has 1 aromatic rings. The number of hydrogen-bond donors (Lipinski definition) is 2. The topological polar surface area (TPSA) is 84.5 Å². The largest absolute Gasteiger partial charge is 0.445 e. The summed E-state index contributed by atoms with van der Waals surface area (Å²) in [7, 11) is 0. The average Bonchev–Trinajstić information content (AvgIpc) is 2.63. The van der Waals surface area contributed by atoms with Crippen molar-refractivity contribution in [2.45, 2.75) is 45.4 Å². The summed E-state index contributed by atoms with van der Waals surface area (Å²) >= 11 is 1.61. The van der Waals surface area contributed by atoms with Gasteiger partial charge >= 0.3 is 6.09 Å². The van der Waals surface area contributed by atoms with E-state index >= 15 is 0 Å². The van der Waals surface area contributed by atoms with E-state index in [1.54, 1.807) is 11.8 Å². The van der Waals surface area contributed by atoms with Crippen LogP contribution in [0.3, 0.4) is 0 Å². The summed E-state index contributed by atoms with van der Waals surface area (Å²) in [5.41, 5.74) is 0.866. The van der Waals surface area contributed by atoms with Gasteiger partial charge < -0.3 is 20.2 Å². The van der Waals surface area contributed by atoms with Gasteiger partial charge in [-0.25, -0.2) is 4.79 Å². The van der Waals surface area contributed by atoms with Gasteiger partial charge in [0.2, 0.25) is 5.91 Å². The number of hydrogen-bond acceptors (Lipinski definition) is 5. The summed E-state index contributed by atoms with van der Waals surface area (Å²) in [5.74, 6) is 0.597. The molecule has 26 heavy (non-hydrogen) atoms. The summed E-state index contributed by atoms with van der Waals surface area (Å²) in [4.78, 5) is 35.7. The third kappa shape index (κ3) is 8.89. The number of thioether (sulfide) groups is 1. The molecule has 0 spiro atoms. The van der Waals surface area contributed by atoms with E-state index in [4.69, 9.17) is 4.74 Å². The second kappa shape index (κ2) is 12.4. The molecule has 6 nitrogen and oxygen atoms in total. The second-order valence-corrected chi connectivity index (χ2v) is 7.41. The average molecular weight is 381 g/mol. The number of aldehydes is 1. The van der Waals surface area contributed by atoms with Crippen LogP contribution in [0.25, 0.3) is 0 Å². The third-order valence-electron chi connectivity index (χ3n) is 3.65. The molecule has 0 fully saturated rings. The van der Waals surface area contributed by atoms with Crippen molar-refractivity contribution in [2.24, 2.45) is 5.92 Å². The zero-order valence-electron chi connectivity index (χ0n) is 15.6. The van der Waals surface area contributed by atoms with Crippen LogP contribution in [0.2, 0.25) is 0 Å². The SMILES string of the molecule is CSCC[C@@H](C=O)NC(=O)[C@H](CC(C)C)NC(=O)OCc1ccccc1. The van der Waals surface area contributed by atoms with Crippen LogP contribution in [-0.4, -0.2) is 42.4 Å². The fourth-order valence-electron chi connectivity index (χ4n) is 2.31. The Morgan fingerprint density at radius 3 is 2.46 bits per heavy atom. The van der Waals surface area contributed by atoms with Gasteiger partial charge in [0, 0.05) is 0 Å². The lowest BCUT2D eigenvalue weighted by Gasteiger charge is -2.22. The highest BCUT2D eigenvalue weighted by molar-refractivity contribution is 7.98. The summed E-state index contributed by atoms with van der Waals surface area (Å²) in [6.45, 7) is 4.05. The fourth-order valence-corrected chi connectivity index (χ4v) is 2.80. The van der Waals surface area contributed by atoms with Crippen LogP contribution in [0.1, 0.15) is 32.3 Å². The van der Waals surface area contributed by atoms with Crippen molar-refractivity contribution in [3.05, 3.63) is 35.9 Å². The predicted octanol–water partition coefficient (Wildman–Crippen LogP) is 2.76. The molecule has 0 aromatic heterocycles. The number of carbonyl (C=O) groups is 3. The number of amides is 2. The van der Waals surface area contributed by atoms with Gasteiger partial charge in [-0.3, -0.25) is 4.79 Å². The van der Waals surface area contributed by atoms with E-state index in [1.165, 1.54) is 0 Å². The fraction of sp³-hybridized carbons (Fsp3) is 0.526. The lowest BCUT2D eigenvalue weighted by atomic mass is 10.0. The van der Waals surface area contributed by atoms with E-state index in [9.17, 15) is 14.4 Å². The van der Waals surface area contributed by atoms with Crippen LogP contribution in [0.15, 0.2) is 30.3 Å². The lowest BCUT2D eigenvalue weighted by molar-refractivity contribution is -0.126. The molecule has 0 unspecified atom stereocenters. The molecular formula is C19H28N2O4S. The van der Waals surface area contributed by atoms with Crippen molar-refractivity contribution in [2.75, 3.05) is 12.0 Å². The molecule has 2 amide bonds. The van der Waals surface area contributed by atoms with E-state index in [2.05, 4.69) is 10.6 Å². The molecule has 0 heterocycles. The van der Waals surface area contributed by atoms with Crippen LogP contribution in [0.4, 0.5) is 4.79 Å². The number of benzene rings is 1. The van der Waals surface area contributed by atoms with E-state index in [1.807, 2.05) is 50.4 Å². The smallest absolute Gasteiger partial charge is 0.408 e. The van der Waals surface area contributed by atoms with Gasteiger partial charge in [0.05, 0.1) is 6.04 Å². The van der Waals surface area contributed by atoms with E-state index in [-0.39, 0.29) is 18.4 Å². The number of carbonyl (C=O) groups excluding carboxylic acids is 3. The van der Waals surface area contributed by atoms with Crippen molar-refractivity contribution >= 4 is 30.0 Å². The lowest BCUT2D eigenvalue weighted by Crippen LogP contribution is -2.50. The summed E-state index contributed by atoms with van der Waals surface area (Å²) in [6.07, 6.45) is 3.04.